The third-order valence-corrected chi connectivity index (χ3v) is 3.07. The molecule has 1 fully saturated rings. The molecule has 1 aliphatic heterocycles. The molecule has 5 nitrogen and oxygen atoms in total. The van der Waals surface area contributed by atoms with Gasteiger partial charge in [-0.15, -0.1) is 0 Å². The smallest absolute Gasteiger partial charge is 0.387 e. The Bertz CT molecular complexity index is 505. The van der Waals surface area contributed by atoms with Gasteiger partial charge in [-0.25, -0.2) is 0 Å². The molecular formula is C13H14F2N2O3. The molecule has 1 atom stereocenters. The molecule has 0 radical (unpaired) electrons. The zero-order valence-electron chi connectivity index (χ0n) is 10.8. The van der Waals surface area contributed by atoms with Crippen molar-refractivity contribution in [1.29, 1.82) is 0 Å². The zero-order chi connectivity index (χ0) is 14.7. The van der Waals surface area contributed by atoms with E-state index in [2.05, 4.69) is 10.1 Å². The van der Waals surface area contributed by atoms with E-state index >= 15 is 0 Å². The molecule has 1 saturated heterocycles. The molecule has 7 heteroatoms. The molecule has 0 aromatic heterocycles. The van der Waals surface area contributed by atoms with Gasteiger partial charge in [-0.1, -0.05) is 0 Å². The second-order valence-electron chi connectivity index (χ2n) is 4.48. The van der Waals surface area contributed by atoms with Crippen LogP contribution in [0.15, 0.2) is 24.3 Å². The lowest BCUT2D eigenvalue weighted by atomic mass is 10.1. The molecule has 2 amide bonds. The van der Waals surface area contributed by atoms with Crippen LogP contribution in [0.1, 0.15) is 16.8 Å². The van der Waals surface area contributed by atoms with Crippen LogP contribution in [-0.4, -0.2) is 43.0 Å². The van der Waals surface area contributed by atoms with Gasteiger partial charge in [-0.05, 0) is 30.7 Å². The number of likely N-dealkylation sites (tertiary alicyclic amines) is 1. The van der Waals surface area contributed by atoms with Gasteiger partial charge in [0.25, 0.3) is 5.91 Å². The minimum absolute atomic E-state index is 0.0202. The van der Waals surface area contributed by atoms with E-state index < -0.39 is 18.6 Å². The molecule has 1 heterocycles. The number of ether oxygens (including phenoxy) is 1. The average Bonchev–Trinajstić information content (AvgIpc) is 2.71. The number of amides is 2. The Hall–Kier alpha value is -2.18. The minimum Gasteiger partial charge on any atom is -0.435 e. The summed E-state index contributed by atoms with van der Waals surface area (Å²) >= 11 is 0. The number of carbonyl (C=O) groups excluding carboxylic acids is 2. The van der Waals surface area contributed by atoms with E-state index in [9.17, 15) is 18.4 Å². The SMILES string of the molecule is CN1CC[C@@H](NC(=O)c2ccc(OC(F)F)cc2)C1=O. The molecule has 108 valence electrons. The average molecular weight is 284 g/mol. The van der Waals surface area contributed by atoms with E-state index in [1.807, 2.05) is 0 Å². The fraction of sp³-hybridized carbons (Fsp3) is 0.385. The maximum Gasteiger partial charge on any atom is 0.387 e. The van der Waals surface area contributed by atoms with Crippen molar-refractivity contribution in [1.82, 2.24) is 10.2 Å². The highest BCUT2D eigenvalue weighted by Crippen LogP contribution is 2.15. The minimum atomic E-state index is -2.90. The Kier molecular flexibility index (Phi) is 4.16. The third kappa shape index (κ3) is 3.23. The predicted molar refractivity (Wildman–Crippen MR) is 66.6 cm³/mol. The lowest BCUT2D eigenvalue weighted by molar-refractivity contribution is -0.128. The first kappa shape index (κ1) is 14.2. The van der Waals surface area contributed by atoms with E-state index in [0.717, 1.165) is 0 Å². The molecule has 1 aliphatic rings. The van der Waals surface area contributed by atoms with E-state index in [-0.39, 0.29) is 17.2 Å². The Morgan fingerprint density at radius 3 is 2.55 bits per heavy atom. The molecule has 1 N–H and O–H groups in total. The van der Waals surface area contributed by atoms with Gasteiger partial charge in [0, 0.05) is 19.2 Å². The molecule has 2 rings (SSSR count). The second kappa shape index (κ2) is 5.85. The number of likely N-dealkylation sites (N-methyl/N-ethyl adjacent to an activating group) is 1. The molecule has 0 unspecified atom stereocenters. The highest BCUT2D eigenvalue weighted by molar-refractivity contribution is 5.98. The van der Waals surface area contributed by atoms with Crippen molar-refractivity contribution in [3.8, 4) is 5.75 Å². The number of alkyl halides is 2. The summed E-state index contributed by atoms with van der Waals surface area (Å²) in [6, 6.07) is 4.78. The van der Waals surface area contributed by atoms with Crippen LogP contribution in [0.4, 0.5) is 8.78 Å². The van der Waals surface area contributed by atoms with Crippen molar-refractivity contribution in [3.05, 3.63) is 29.8 Å². The van der Waals surface area contributed by atoms with Crippen molar-refractivity contribution in [3.63, 3.8) is 0 Å². The maximum absolute atomic E-state index is 12.0. The number of nitrogens with one attached hydrogen (secondary N) is 1. The van der Waals surface area contributed by atoms with E-state index in [4.69, 9.17) is 0 Å². The van der Waals surface area contributed by atoms with Crippen LogP contribution in [0, 0.1) is 0 Å². The monoisotopic (exact) mass is 284 g/mol. The first-order valence-corrected chi connectivity index (χ1v) is 6.08. The number of hydrogen-bond donors (Lipinski definition) is 1. The molecule has 0 saturated carbocycles. The number of nitrogens with zero attached hydrogens (tertiary/aromatic N) is 1. The van der Waals surface area contributed by atoms with Gasteiger partial charge in [0.05, 0.1) is 0 Å². The van der Waals surface area contributed by atoms with Gasteiger partial charge < -0.3 is 15.0 Å². The zero-order valence-corrected chi connectivity index (χ0v) is 10.8. The molecule has 20 heavy (non-hydrogen) atoms. The van der Waals surface area contributed by atoms with Crippen molar-refractivity contribution in [2.45, 2.75) is 19.1 Å². The van der Waals surface area contributed by atoms with Crippen molar-refractivity contribution < 1.29 is 23.1 Å². The maximum atomic E-state index is 12.0. The van der Waals surface area contributed by atoms with Gasteiger partial charge in [0.2, 0.25) is 5.91 Å². The summed E-state index contributed by atoms with van der Waals surface area (Å²) < 4.78 is 28.2. The number of carbonyl (C=O) groups is 2. The molecule has 0 bridgehead atoms. The van der Waals surface area contributed by atoms with Crippen LogP contribution in [0.5, 0.6) is 5.75 Å². The van der Waals surface area contributed by atoms with Crippen LogP contribution in [0.25, 0.3) is 0 Å². The van der Waals surface area contributed by atoms with Crippen LogP contribution in [0.3, 0.4) is 0 Å². The van der Waals surface area contributed by atoms with Gasteiger partial charge in [0.15, 0.2) is 0 Å². The summed E-state index contributed by atoms with van der Waals surface area (Å²) in [5, 5.41) is 2.62. The predicted octanol–water partition coefficient (Wildman–Crippen LogP) is 1.25. The summed E-state index contributed by atoms with van der Waals surface area (Å²) in [6.45, 7) is -2.30. The quantitative estimate of drug-likeness (QED) is 0.905. The van der Waals surface area contributed by atoms with Crippen LogP contribution in [-0.2, 0) is 4.79 Å². The molecule has 0 spiro atoms. The summed E-state index contributed by atoms with van der Waals surface area (Å²) in [6.07, 6.45) is 0.563. The Labute approximate surface area is 114 Å². The summed E-state index contributed by atoms with van der Waals surface area (Å²) in [7, 11) is 1.67. The van der Waals surface area contributed by atoms with E-state index in [0.29, 0.717) is 13.0 Å². The lowest BCUT2D eigenvalue weighted by Crippen LogP contribution is -2.40. The first-order chi connectivity index (χ1) is 9.47. The largest absolute Gasteiger partial charge is 0.435 e. The topological polar surface area (TPSA) is 58.6 Å². The number of benzene rings is 1. The van der Waals surface area contributed by atoms with Gasteiger partial charge >= 0.3 is 6.61 Å². The van der Waals surface area contributed by atoms with E-state index in [1.54, 1.807) is 11.9 Å². The summed E-state index contributed by atoms with van der Waals surface area (Å²) in [5.74, 6) is -0.563. The molecule has 0 aliphatic carbocycles. The molecule has 1 aromatic carbocycles. The van der Waals surface area contributed by atoms with E-state index in [1.165, 1.54) is 24.3 Å². The fourth-order valence-corrected chi connectivity index (χ4v) is 1.99. The second-order valence-corrected chi connectivity index (χ2v) is 4.48. The first-order valence-electron chi connectivity index (χ1n) is 6.08. The van der Waals surface area contributed by atoms with Crippen molar-refractivity contribution in [2.75, 3.05) is 13.6 Å². The Balaban J connectivity index is 1.97. The molecule has 1 aromatic rings. The highest BCUT2D eigenvalue weighted by Gasteiger charge is 2.30. The summed E-state index contributed by atoms with van der Waals surface area (Å²) in [4.78, 5) is 25.1. The number of hydrogen-bond acceptors (Lipinski definition) is 3. The fourth-order valence-electron chi connectivity index (χ4n) is 1.99. The Morgan fingerprint density at radius 1 is 1.40 bits per heavy atom. The van der Waals surface area contributed by atoms with Crippen molar-refractivity contribution in [2.24, 2.45) is 0 Å². The van der Waals surface area contributed by atoms with Crippen LogP contribution in [0.2, 0.25) is 0 Å². The van der Waals surface area contributed by atoms with Gasteiger partial charge in [-0.2, -0.15) is 8.78 Å². The van der Waals surface area contributed by atoms with Gasteiger partial charge in [-0.3, -0.25) is 9.59 Å². The third-order valence-electron chi connectivity index (χ3n) is 3.07. The standard InChI is InChI=1S/C13H14F2N2O3/c1-17-7-6-10(12(17)19)16-11(18)8-2-4-9(5-3-8)20-13(14)15/h2-5,10,13H,6-7H2,1H3,(H,16,18)/t10-/m1/s1. The van der Waals surface area contributed by atoms with Crippen molar-refractivity contribution >= 4 is 11.8 Å². The summed E-state index contributed by atoms with van der Waals surface area (Å²) in [5.41, 5.74) is 0.286. The van der Waals surface area contributed by atoms with Crippen LogP contribution >= 0.6 is 0 Å². The van der Waals surface area contributed by atoms with Gasteiger partial charge in [0.1, 0.15) is 11.8 Å². The lowest BCUT2D eigenvalue weighted by Gasteiger charge is -2.12. The number of halogens is 2. The number of rotatable bonds is 4. The molecular weight excluding hydrogens is 270 g/mol. The normalized spacial score (nSPS) is 18.5. The van der Waals surface area contributed by atoms with Crippen LogP contribution < -0.4 is 10.1 Å². The highest BCUT2D eigenvalue weighted by atomic mass is 19.3. The Morgan fingerprint density at radius 2 is 2.05 bits per heavy atom.